The van der Waals surface area contributed by atoms with Crippen LogP contribution in [-0.4, -0.2) is 25.5 Å². The van der Waals surface area contributed by atoms with Gasteiger partial charge < -0.3 is 10.6 Å². The summed E-state index contributed by atoms with van der Waals surface area (Å²) in [5.41, 5.74) is 0.794. The molecule has 1 amide bonds. The maximum absolute atomic E-state index is 14.1. The van der Waals surface area contributed by atoms with Gasteiger partial charge in [-0.2, -0.15) is 0 Å². The maximum Gasteiger partial charge on any atom is 0.237 e. The lowest BCUT2D eigenvalue weighted by atomic mass is 9.96. The molecule has 28 heavy (non-hydrogen) atoms. The van der Waals surface area contributed by atoms with E-state index in [4.69, 9.17) is 0 Å². The molecule has 3 rings (SSSR count). The van der Waals surface area contributed by atoms with E-state index < -0.39 is 16.9 Å². The number of piperidine rings is 1. The molecule has 0 radical (unpaired) electrons. The van der Waals surface area contributed by atoms with Crippen molar-refractivity contribution in [2.75, 3.05) is 19.6 Å². The lowest BCUT2D eigenvalue weighted by Crippen LogP contribution is -2.34. The molecule has 1 aliphatic rings. The molecule has 0 bridgehead atoms. The van der Waals surface area contributed by atoms with Crippen molar-refractivity contribution in [3.63, 3.8) is 0 Å². The molecule has 1 fully saturated rings. The van der Waals surface area contributed by atoms with Crippen LogP contribution in [0.5, 0.6) is 0 Å². The first kappa shape index (κ1) is 22.7. The maximum atomic E-state index is 14.1. The number of amides is 1. The quantitative estimate of drug-likeness (QED) is 0.629. The van der Waals surface area contributed by atoms with Crippen LogP contribution in [0.4, 0.5) is 8.78 Å². The Kier molecular flexibility index (Phi) is 9.22. The average molecular weight is 427 g/mol. The summed E-state index contributed by atoms with van der Waals surface area (Å²) in [7, 11) is 0. The molecular formula is C21H25ClF2N2OS. The summed E-state index contributed by atoms with van der Waals surface area (Å²) >= 11 is 1.11. The monoisotopic (exact) mass is 426 g/mol. The molecule has 0 spiro atoms. The lowest BCUT2D eigenvalue weighted by molar-refractivity contribution is -0.120. The van der Waals surface area contributed by atoms with E-state index in [2.05, 4.69) is 10.6 Å². The minimum Gasteiger partial charge on any atom is -0.355 e. The van der Waals surface area contributed by atoms with Gasteiger partial charge in [-0.1, -0.05) is 30.3 Å². The number of carbonyl (C=O) groups is 1. The predicted octanol–water partition coefficient (Wildman–Crippen LogP) is 4.73. The number of carbonyl (C=O) groups excluding carboxylic acids is 1. The molecule has 2 atom stereocenters. The molecule has 2 N–H and O–H groups in total. The zero-order valence-corrected chi connectivity index (χ0v) is 17.1. The van der Waals surface area contributed by atoms with Crippen LogP contribution in [0.1, 0.15) is 30.1 Å². The molecule has 0 saturated carbocycles. The smallest absolute Gasteiger partial charge is 0.237 e. The second kappa shape index (κ2) is 11.4. The first-order chi connectivity index (χ1) is 13.1. The van der Waals surface area contributed by atoms with Crippen molar-refractivity contribution < 1.29 is 13.6 Å². The van der Waals surface area contributed by atoms with Crippen LogP contribution >= 0.6 is 24.2 Å². The fourth-order valence-electron chi connectivity index (χ4n) is 3.26. The van der Waals surface area contributed by atoms with Crippen LogP contribution in [-0.2, 0) is 4.79 Å². The summed E-state index contributed by atoms with van der Waals surface area (Å²) in [4.78, 5) is 13.1. The van der Waals surface area contributed by atoms with E-state index in [1.807, 2.05) is 30.3 Å². The zero-order valence-electron chi connectivity index (χ0n) is 15.5. The third-order valence-electron chi connectivity index (χ3n) is 4.73. The first-order valence-corrected chi connectivity index (χ1v) is 10.2. The Labute approximate surface area is 175 Å². The molecule has 1 aliphatic heterocycles. The number of benzene rings is 2. The van der Waals surface area contributed by atoms with Crippen LogP contribution in [0, 0.1) is 17.6 Å². The van der Waals surface area contributed by atoms with Crippen LogP contribution in [0.15, 0.2) is 53.4 Å². The van der Waals surface area contributed by atoms with Gasteiger partial charge in [-0.15, -0.1) is 24.2 Å². The highest BCUT2D eigenvalue weighted by Gasteiger charge is 2.23. The van der Waals surface area contributed by atoms with E-state index in [-0.39, 0.29) is 23.2 Å². The Morgan fingerprint density at radius 1 is 1.21 bits per heavy atom. The van der Waals surface area contributed by atoms with Gasteiger partial charge in [0.2, 0.25) is 5.91 Å². The SMILES string of the molecule is Cl.O=C(NCCC1CCCNC1)C(Sc1ccc(F)cc1F)c1ccccc1. The van der Waals surface area contributed by atoms with Crippen LogP contribution < -0.4 is 10.6 Å². The first-order valence-electron chi connectivity index (χ1n) is 9.28. The van der Waals surface area contributed by atoms with Crippen molar-refractivity contribution in [1.82, 2.24) is 10.6 Å². The molecule has 0 aliphatic carbocycles. The Morgan fingerprint density at radius 2 is 2.00 bits per heavy atom. The van der Waals surface area contributed by atoms with Crippen LogP contribution in [0.25, 0.3) is 0 Å². The van der Waals surface area contributed by atoms with Crippen molar-refractivity contribution in [3.8, 4) is 0 Å². The average Bonchev–Trinajstić information content (AvgIpc) is 2.69. The van der Waals surface area contributed by atoms with E-state index in [1.165, 1.54) is 25.0 Å². The third kappa shape index (κ3) is 6.47. The molecule has 2 aromatic carbocycles. The highest BCUT2D eigenvalue weighted by molar-refractivity contribution is 8.00. The van der Waals surface area contributed by atoms with E-state index >= 15 is 0 Å². The minimum absolute atomic E-state index is 0. The summed E-state index contributed by atoms with van der Waals surface area (Å²) in [6.45, 7) is 2.66. The van der Waals surface area contributed by atoms with Crippen molar-refractivity contribution in [2.24, 2.45) is 5.92 Å². The van der Waals surface area contributed by atoms with E-state index in [1.54, 1.807) is 0 Å². The molecule has 3 nitrogen and oxygen atoms in total. The molecule has 152 valence electrons. The largest absolute Gasteiger partial charge is 0.355 e. The minimum atomic E-state index is -0.651. The Hall–Kier alpha value is -1.63. The van der Waals surface area contributed by atoms with Gasteiger partial charge in [0.25, 0.3) is 0 Å². The number of thioether (sulfide) groups is 1. The summed E-state index contributed by atoms with van der Waals surface area (Å²) in [6, 6.07) is 12.7. The van der Waals surface area contributed by atoms with Gasteiger partial charge in [-0.25, -0.2) is 8.78 Å². The molecule has 7 heteroatoms. The highest BCUT2D eigenvalue weighted by atomic mass is 35.5. The fourth-order valence-corrected chi connectivity index (χ4v) is 4.32. The predicted molar refractivity (Wildman–Crippen MR) is 112 cm³/mol. The number of hydrogen-bond donors (Lipinski definition) is 2. The van der Waals surface area contributed by atoms with Gasteiger partial charge in [0.15, 0.2) is 0 Å². The number of nitrogens with one attached hydrogen (secondary N) is 2. The summed E-state index contributed by atoms with van der Waals surface area (Å²) < 4.78 is 27.3. The second-order valence-corrected chi connectivity index (χ2v) is 7.92. The van der Waals surface area contributed by atoms with Crippen molar-refractivity contribution in [3.05, 3.63) is 65.7 Å². The fraction of sp³-hybridized carbons (Fsp3) is 0.381. The summed E-state index contributed by atoms with van der Waals surface area (Å²) in [5.74, 6) is -0.851. The standard InChI is InChI=1S/C21H24F2N2OS.ClH/c22-17-8-9-19(18(23)13-17)27-20(16-6-2-1-3-7-16)21(26)25-12-10-15-5-4-11-24-14-15;/h1-3,6-9,13,15,20,24H,4-5,10-12,14H2,(H,25,26);1H. The zero-order chi connectivity index (χ0) is 19.1. The van der Waals surface area contributed by atoms with Crippen LogP contribution in [0.2, 0.25) is 0 Å². The van der Waals surface area contributed by atoms with Crippen LogP contribution in [0.3, 0.4) is 0 Å². The molecule has 1 saturated heterocycles. The number of hydrogen-bond acceptors (Lipinski definition) is 3. The third-order valence-corrected chi connectivity index (χ3v) is 6.04. The normalized spacial score (nSPS) is 17.4. The molecular weight excluding hydrogens is 402 g/mol. The van der Waals surface area contributed by atoms with E-state index in [0.717, 1.165) is 42.9 Å². The summed E-state index contributed by atoms with van der Waals surface area (Å²) in [6.07, 6.45) is 3.28. The Morgan fingerprint density at radius 3 is 2.68 bits per heavy atom. The lowest BCUT2D eigenvalue weighted by Gasteiger charge is -2.23. The second-order valence-electron chi connectivity index (χ2n) is 6.78. The van der Waals surface area contributed by atoms with Gasteiger partial charge >= 0.3 is 0 Å². The van der Waals surface area contributed by atoms with Crippen molar-refractivity contribution in [1.29, 1.82) is 0 Å². The Bertz CT molecular complexity index is 757. The van der Waals surface area contributed by atoms with Crippen molar-refractivity contribution >= 4 is 30.1 Å². The number of rotatable bonds is 7. The molecule has 0 aromatic heterocycles. The molecule has 2 aromatic rings. The van der Waals surface area contributed by atoms with Gasteiger partial charge in [0.1, 0.15) is 16.9 Å². The van der Waals surface area contributed by atoms with Gasteiger partial charge in [-0.05, 0) is 56.0 Å². The van der Waals surface area contributed by atoms with E-state index in [0.29, 0.717) is 12.5 Å². The summed E-state index contributed by atoms with van der Waals surface area (Å²) in [5, 5.41) is 5.78. The highest BCUT2D eigenvalue weighted by Crippen LogP contribution is 2.37. The number of halogens is 3. The topological polar surface area (TPSA) is 41.1 Å². The molecule has 1 heterocycles. The van der Waals surface area contributed by atoms with Gasteiger partial charge in [0, 0.05) is 17.5 Å². The van der Waals surface area contributed by atoms with E-state index in [9.17, 15) is 13.6 Å². The van der Waals surface area contributed by atoms with Crippen molar-refractivity contribution in [2.45, 2.75) is 29.4 Å². The van der Waals surface area contributed by atoms with Gasteiger partial charge in [0.05, 0.1) is 0 Å². The Balaban J connectivity index is 0.00000280. The molecule has 2 unspecified atom stereocenters. The van der Waals surface area contributed by atoms with Gasteiger partial charge in [-0.3, -0.25) is 4.79 Å².